The molecule has 1 aliphatic rings. The van der Waals surface area contributed by atoms with Gasteiger partial charge >= 0.3 is 0 Å². The molecule has 0 radical (unpaired) electrons. The van der Waals surface area contributed by atoms with Crippen LogP contribution in [0, 0.1) is 5.82 Å². The quantitative estimate of drug-likeness (QED) is 0.854. The number of nitrogens with two attached hydrogens (primary N) is 1. The van der Waals surface area contributed by atoms with Gasteiger partial charge in [-0.3, -0.25) is 0 Å². The van der Waals surface area contributed by atoms with Crippen molar-refractivity contribution in [3.8, 4) is 0 Å². The summed E-state index contributed by atoms with van der Waals surface area (Å²) in [6, 6.07) is 10.1. The van der Waals surface area contributed by atoms with Crippen LogP contribution in [0.5, 0.6) is 0 Å². The van der Waals surface area contributed by atoms with Gasteiger partial charge < -0.3 is 5.73 Å². The van der Waals surface area contributed by atoms with Crippen molar-refractivity contribution in [1.82, 2.24) is 4.72 Å². The van der Waals surface area contributed by atoms with E-state index in [2.05, 4.69) is 4.72 Å². The Hall–Kier alpha value is -1.92. The molecular weight excluding hydrogens is 303 g/mol. The Labute approximate surface area is 129 Å². The number of nitrogens with one attached hydrogen (secondary N) is 1. The van der Waals surface area contributed by atoms with Crippen LogP contribution in [0.1, 0.15) is 30.0 Å². The summed E-state index contributed by atoms with van der Waals surface area (Å²) in [6.07, 6.45) is 2.53. The van der Waals surface area contributed by atoms with E-state index in [-0.39, 0.29) is 10.9 Å². The van der Waals surface area contributed by atoms with Crippen LogP contribution in [0.25, 0.3) is 0 Å². The predicted molar refractivity (Wildman–Crippen MR) is 83.3 cm³/mol. The number of sulfonamides is 1. The Morgan fingerprint density at radius 1 is 1.14 bits per heavy atom. The molecule has 0 heterocycles. The molecule has 0 saturated carbocycles. The van der Waals surface area contributed by atoms with Gasteiger partial charge in [0.15, 0.2) is 0 Å². The average Bonchev–Trinajstić information content (AvgIpc) is 2.47. The fourth-order valence-electron chi connectivity index (χ4n) is 2.83. The first-order chi connectivity index (χ1) is 10.5. The number of benzene rings is 2. The number of anilines is 1. The maximum absolute atomic E-state index is 12.9. The Bertz CT molecular complexity index is 788. The second-order valence-electron chi connectivity index (χ2n) is 5.48. The molecule has 1 aliphatic carbocycles. The molecule has 0 amide bonds. The first-order valence-electron chi connectivity index (χ1n) is 7.12. The molecule has 4 nitrogen and oxygen atoms in total. The van der Waals surface area contributed by atoms with E-state index in [1.165, 1.54) is 12.1 Å². The van der Waals surface area contributed by atoms with Crippen LogP contribution in [0.4, 0.5) is 10.1 Å². The van der Waals surface area contributed by atoms with E-state index in [0.717, 1.165) is 42.5 Å². The molecule has 0 fully saturated rings. The minimum atomic E-state index is -3.68. The molecular formula is C16H17FN2O2S. The van der Waals surface area contributed by atoms with Crippen molar-refractivity contribution in [2.45, 2.75) is 30.2 Å². The summed E-state index contributed by atoms with van der Waals surface area (Å²) in [5, 5.41) is 0. The highest BCUT2D eigenvalue weighted by atomic mass is 32.2. The molecule has 3 rings (SSSR count). The van der Waals surface area contributed by atoms with Gasteiger partial charge in [0, 0.05) is 11.7 Å². The van der Waals surface area contributed by atoms with Crippen molar-refractivity contribution in [2.24, 2.45) is 0 Å². The first kappa shape index (κ1) is 15.0. The zero-order valence-corrected chi connectivity index (χ0v) is 12.7. The van der Waals surface area contributed by atoms with Crippen LogP contribution >= 0.6 is 0 Å². The highest BCUT2D eigenvalue weighted by molar-refractivity contribution is 7.89. The molecule has 0 aliphatic heterocycles. The summed E-state index contributed by atoms with van der Waals surface area (Å²) in [5.41, 5.74) is 8.51. The minimum absolute atomic E-state index is 0.0662. The minimum Gasteiger partial charge on any atom is -0.399 e. The number of nitrogen functional groups attached to an aromatic ring is 1. The normalized spacial score (nSPS) is 18.0. The van der Waals surface area contributed by atoms with Gasteiger partial charge in [0.25, 0.3) is 0 Å². The van der Waals surface area contributed by atoms with Crippen molar-refractivity contribution in [2.75, 3.05) is 5.73 Å². The van der Waals surface area contributed by atoms with Gasteiger partial charge in [-0.05, 0) is 66.8 Å². The molecule has 6 heteroatoms. The maximum Gasteiger partial charge on any atom is 0.241 e. The third kappa shape index (κ3) is 2.98. The molecule has 116 valence electrons. The second kappa shape index (κ2) is 5.70. The number of hydrogen-bond acceptors (Lipinski definition) is 3. The van der Waals surface area contributed by atoms with Crippen molar-refractivity contribution in [3.63, 3.8) is 0 Å². The lowest BCUT2D eigenvalue weighted by molar-refractivity contribution is 0.507. The van der Waals surface area contributed by atoms with E-state index < -0.39 is 15.8 Å². The van der Waals surface area contributed by atoms with Gasteiger partial charge in [0.05, 0.1) is 4.90 Å². The first-order valence-corrected chi connectivity index (χ1v) is 8.60. The average molecular weight is 320 g/mol. The smallest absolute Gasteiger partial charge is 0.241 e. The van der Waals surface area contributed by atoms with Crippen LogP contribution in [0.3, 0.4) is 0 Å². The number of hydrogen-bond donors (Lipinski definition) is 2. The number of halogens is 1. The van der Waals surface area contributed by atoms with Crippen molar-refractivity contribution >= 4 is 15.7 Å². The van der Waals surface area contributed by atoms with Gasteiger partial charge in [0.1, 0.15) is 5.82 Å². The van der Waals surface area contributed by atoms with E-state index in [1.54, 1.807) is 6.07 Å². The fourth-order valence-corrected chi connectivity index (χ4v) is 4.08. The Kier molecular flexibility index (Phi) is 3.88. The third-order valence-electron chi connectivity index (χ3n) is 3.90. The SMILES string of the molecule is Nc1ccc2c(c1)CCCC2NS(=O)(=O)c1ccc(F)cc1. The van der Waals surface area contributed by atoms with E-state index in [0.29, 0.717) is 5.69 Å². The van der Waals surface area contributed by atoms with Gasteiger partial charge in [-0.15, -0.1) is 0 Å². The summed E-state index contributed by atoms with van der Waals surface area (Å²) in [4.78, 5) is 0.0662. The summed E-state index contributed by atoms with van der Waals surface area (Å²) in [6.45, 7) is 0. The largest absolute Gasteiger partial charge is 0.399 e. The third-order valence-corrected chi connectivity index (χ3v) is 5.39. The topological polar surface area (TPSA) is 72.2 Å². The van der Waals surface area contributed by atoms with Gasteiger partial charge in [0.2, 0.25) is 10.0 Å². The van der Waals surface area contributed by atoms with Crippen LogP contribution in [0.15, 0.2) is 47.4 Å². The van der Waals surface area contributed by atoms with E-state index in [1.807, 2.05) is 12.1 Å². The molecule has 1 unspecified atom stereocenters. The van der Waals surface area contributed by atoms with Crippen LogP contribution in [-0.4, -0.2) is 8.42 Å². The monoisotopic (exact) mass is 320 g/mol. The molecule has 0 spiro atoms. The lowest BCUT2D eigenvalue weighted by atomic mass is 9.88. The molecule has 2 aromatic carbocycles. The number of rotatable bonds is 3. The zero-order chi connectivity index (χ0) is 15.7. The summed E-state index contributed by atoms with van der Waals surface area (Å²) in [5.74, 6) is -0.461. The standard InChI is InChI=1S/C16H17FN2O2S/c17-12-4-7-14(8-5-12)22(20,21)19-16-3-1-2-11-10-13(18)6-9-15(11)16/h4-10,16,19H,1-3,18H2. The summed E-state index contributed by atoms with van der Waals surface area (Å²) < 4.78 is 40.5. The number of fused-ring (bicyclic) bond motifs is 1. The van der Waals surface area contributed by atoms with E-state index in [4.69, 9.17) is 5.73 Å². The molecule has 2 aromatic rings. The predicted octanol–water partition coefficient (Wildman–Crippen LogP) is 2.76. The van der Waals surface area contributed by atoms with Crippen molar-refractivity contribution < 1.29 is 12.8 Å². The van der Waals surface area contributed by atoms with Crippen LogP contribution < -0.4 is 10.5 Å². The summed E-state index contributed by atoms with van der Waals surface area (Å²) >= 11 is 0. The Balaban J connectivity index is 1.89. The molecule has 0 bridgehead atoms. The van der Waals surface area contributed by atoms with Crippen LogP contribution in [0.2, 0.25) is 0 Å². The Morgan fingerprint density at radius 2 is 1.86 bits per heavy atom. The van der Waals surface area contributed by atoms with Crippen molar-refractivity contribution in [1.29, 1.82) is 0 Å². The van der Waals surface area contributed by atoms with Crippen LogP contribution in [-0.2, 0) is 16.4 Å². The molecule has 1 atom stereocenters. The highest BCUT2D eigenvalue weighted by Gasteiger charge is 2.25. The maximum atomic E-state index is 12.9. The fraction of sp³-hybridized carbons (Fsp3) is 0.250. The molecule has 3 N–H and O–H groups in total. The Morgan fingerprint density at radius 3 is 2.59 bits per heavy atom. The molecule has 22 heavy (non-hydrogen) atoms. The van der Waals surface area contributed by atoms with E-state index in [9.17, 15) is 12.8 Å². The van der Waals surface area contributed by atoms with E-state index >= 15 is 0 Å². The molecule has 0 saturated heterocycles. The second-order valence-corrected chi connectivity index (χ2v) is 7.19. The van der Waals surface area contributed by atoms with Gasteiger partial charge in [-0.25, -0.2) is 17.5 Å². The summed E-state index contributed by atoms with van der Waals surface area (Å²) in [7, 11) is -3.68. The lowest BCUT2D eigenvalue weighted by Gasteiger charge is -2.26. The highest BCUT2D eigenvalue weighted by Crippen LogP contribution is 2.32. The zero-order valence-electron chi connectivity index (χ0n) is 11.9. The molecule has 0 aromatic heterocycles. The van der Waals surface area contributed by atoms with Gasteiger partial charge in [-0.1, -0.05) is 6.07 Å². The number of aryl methyl sites for hydroxylation is 1. The van der Waals surface area contributed by atoms with Gasteiger partial charge in [-0.2, -0.15) is 0 Å². The van der Waals surface area contributed by atoms with Crippen molar-refractivity contribution in [3.05, 3.63) is 59.4 Å². The lowest BCUT2D eigenvalue weighted by Crippen LogP contribution is -2.31.